The van der Waals surface area contributed by atoms with Gasteiger partial charge in [0.1, 0.15) is 5.54 Å². The van der Waals surface area contributed by atoms with Crippen molar-refractivity contribution in [1.82, 2.24) is 10.2 Å². The van der Waals surface area contributed by atoms with Crippen LogP contribution in [-0.4, -0.2) is 63.4 Å². The molecule has 0 spiro atoms. The number of piperidine rings is 1. The minimum absolute atomic E-state index is 0.176. The SMILES string of the molecule is CCNC(C)(CCN1CCCC(COC)C1)C(=O)OC. The van der Waals surface area contributed by atoms with Crippen molar-refractivity contribution in [2.75, 3.05) is 47.0 Å². The number of hydrogen-bond donors (Lipinski definition) is 1. The van der Waals surface area contributed by atoms with Crippen LogP contribution in [0, 0.1) is 5.92 Å². The summed E-state index contributed by atoms with van der Waals surface area (Å²) >= 11 is 0. The molecule has 1 rings (SSSR count). The van der Waals surface area contributed by atoms with Gasteiger partial charge < -0.3 is 19.7 Å². The van der Waals surface area contributed by atoms with Crippen molar-refractivity contribution in [1.29, 1.82) is 0 Å². The largest absolute Gasteiger partial charge is 0.468 e. The minimum atomic E-state index is -0.586. The van der Waals surface area contributed by atoms with Crippen molar-refractivity contribution in [3.05, 3.63) is 0 Å². The zero-order chi connectivity index (χ0) is 15.0. The first-order valence-electron chi connectivity index (χ1n) is 7.60. The lowest BCUT2D eigenvalue weighted by atomic mass is 9.95. The molecule has 0 saturated carbocycles. The van der Waals surface area contributed by atoms with Crippen LogP contribution in [0.25, 0.3) is 0 Å². The lowest BCUT2D eigenvalue weighted by Crippen LogP contribution is -2.52. The second kappa shape index (κ2) is 8.60. The second-order valence-corrected chi connectivity index (χ2v) is 5.87. The standard InChI is InChI=1S/C15H30N2O3/c1-5-16-15(2,14(18)20-4)8-10-17-9-6-7-13(11-17)12-19-3/h13,16H,5-12H2,1-4H3. The summed E-state index contributed by atoms with van der Waals surface area (Å²) in [5.74, 6) is 0.446. The van der Waals surface area contributed by atoms with Gasteiger partial charge in [-0.25, -0.2) is 0 Å². The highest BCUT2D eigenvalue weighted by Crippen LogP contribution is 2.19. The average Bonchev–Trinajstić information content (AvgIpc) is 2.45. The first-order chi connectivity index (χ1) is 9.55. The van der Waals surface area contributed by atoms with E-state index in [1.165, 1.54) is 20.0 Å². The molecule has 2 atom stereocenters. The molecule has 1 aliphatic rings. The van der Waals surface area contributed by atoms with E-state index >= 15 is 0 Å². The second-order valence-electron chi connectivity index (χ2n) is 5.87. The molecule has 1 N–H and O–H groups in total. The third-order valence-corrected chi connectivity index (χ3v) is 4.14. The summed E-state index contributed by atoms with van der Waals surface area (Å²) in [5, 5.41) is 3.26. The Morgan fingerprint density at radius 2 is 2.20 bits per heavy atom. The fourth-order valence-electron chi connectivity index (χ4n) is 2.99. The Balaban J connectivity index is 2.48. The van der Waals surface area contributed by atoms with Crippen LogP contribution < -0.4 is 5.32 Å². The monoisotopic (exact) mass is 286 g/mol. The van der Waals surface area contributed by atoms with E-state index in [9.17, 15) is 4.79 Å². The van der Waals surface area contributed by atoms with Gasteiger partial charge in [-0.2, -0.15) is 0 Å². The van der Waals surface area contributed by atoms with Crippen molar-refractivity contribution in [3.63, 3.8) is 0 Å². The van der Waals surface area contributed by atoms with E-state index in [0.717, 1.165) is 39.2 Å². The molecule has 1 aliphatic heterocycles. The molecule has 2 unspecified atom stereocenters. The molecule has 0 bridgehead atoms. The molecule has 0 aromatic rings. The highest BCUT2D eigenvalue weighted by Gasteiger charge is 2.34. The number of likely N-dealkylation sites (tertiary alicyclic amines) is 1. The highest BCUT2D eigenvalue weighted by atomic mass is 16.5. The van der Waals surface area contributed by atoms with Crippen molar-refractivity contribution in [2.24, 2.45) is 5.92 Å². The fraction of sp³-hybridized carbons (Fsp3) is 0.933. The van der Waals surface area contributed by atoms with E-state index in [0.29, 0.717) is 5.92 Å². The summed E-state index contributed by atoms with van der Waals surface area (Å²) in [6, 6.07) is 0. The topological polar surface area (TPSA) is 50.8 Å². The van der Waals surface area contributed by atoms with Gasteiger partial charge in [0.05, 0.1) is 13.7 Å². The van der Waals surface area contributed by atoms with E-state index in [4.69, 9.17) is 9.47 Å². The van der Waals surface area contributed by atoms with Crippen LogP contribution >= 0.6 is 0 Å². The van der Waals surface area contributed by atoms with Gasteiger partial charge in [-0.3, -0.25) is 4.79 Å². The van der Waals surface area contributed by atoms with Crippen LogP contribution in [0.4, 0.5) is 0 Å². The molecule has 0 aliphatic carbocycles. The number of nitrogens with zero attached hydrogens (tertiary/aromatic N) is 1. The number of ether oxygens (including phenoxy) is 2. The smallest absolute Gasteiger partial charge is 0.325 e. The van der Waals surface area contributed by atoms with Crippen molar-refractivity contribution in [2.45, 2.75) is 38.6 Å². The van der Waals surface area contributed by atoms with Crippen molar-refractivity contribution < 1.29 is 14.3 Å². The highest BCUT2D eigenvalue weighted by molar-refractivity contribution is 5.80. The van der Waals surface area contributed by atoms with Crippen LogP contribution in [0.1, 0.15) is 33.1 Å². The van der Waals surface area contributed by atoms with E-state index in [1.807, 2.05) is 13.8 Å². The number of rotatable bonds is 8. The van der Waals surface area contributed by atoms with Gasteiger partial charge in [0.2, 0.25) is 0 Å². The molecular weight excluding hydrogens is 256 g/mol. The lowest BCUT2D eigenvalue weighted by molar-refractivity contribution is -0.148. The Morgan fingerprint density at radius 1 is 1.45 bits per heavy atom. The van der Waals surface area contributed by atoms with Crippen LogP contribution in [0.15, 0.2) is 0 Å². The first-order valence-corrected chi connectivity index (χ1v) is 7.60. The van der Waals surface area contributed by atoms with E-state index in [-0.39, 0.29) is 5.97 Å². The summed E-state index contributed by atoms with van der Waals surface area (Å²) in [7, 11) is 3.21. The molecule has 1 saturated heterocycles. The fourth-order valence-corrected chi connectivity index (χ4v) is 2.99. The van der Waals surface area contributed by atoms with Gasteiger partial charge in [-0.1, -0.05) is 6.92 Å². The number of carbonyl (C=O) groups excluding carboxylic acids is 1. The summed E-state index contributed by atoms with van der Waals surface area (Å²) in [4.78, 5) is 14.4. The Kier molecular flexibility index (Phi) is 7.48. The van der Waals surface area contributed by atoms with E-state index < -0.39 is 5.54 Å². The third kappa shape index (κ3) is 5.04. The zero-order valence-electron chi connectivity index (χ0n) is 13.4. The lowest BCUT2D eigenvalue weighted by Gasteiger charge is -2.35. The molecule has 0 amide bonds. The summed E-state index contributed by atoms with van der Waals surface area (Å²) < 4.78 is 10.2. The van der Waals surface area contributed by atoms with Gasteiger partial charge in [-0.15, -0.1) is 0 Å². The Bertz CT molecular complexity index is 297. The molecular formula is C15H30N2O3. The average molecular weight is 286 g/mol. The van der Waals surface area contributed by atoms with Gasteiger partial charge in [0.15, 0.2) is 0 Å². The van der Waals surface area contributed by atoms with Gasteiger partial charge >= 0.3 is 5.97 Å². The first kappa shape index (κ1) is 17.4. The number of hydrogen-bond acceptors (Lipinski definition) is 5. The normalized spacial score (nSPS) is 23.3. The van der Waals surface area contributed by atoms with E-state index in [2.05, 4.69) is 10.2 Å². The van der Waals surface area contributed by atoms with E-state index in [1.54, 1.807) is 7.11 Å². The maximum absolute atomic E-state index is 11.9. The van der Waals surface area contributed by atoms with Crippen LogP contribution in [0.2, 0.25) is 0 Å². The number of methoxy groups -OCH3 is 2. The predicted octanol–water partition coefficient (Wildman–Crippen LogP) is 1.28. The van der Waals surface area contributed by atoms with Gasteiger partial charge in [-0.05, 0) is 45.2 Å². The molecule has 1 fully saturated rings. The number of esters is 1. The minimum Gasteiger partial charge on any atom is -0.468 e. The predicted molar refractivity (Wildman–Crippen MR) is 79.8 cm³/mol. The maximum atomic E-state index is 11.9. The number of nitrogens with one attached hydrogen (secondary N) is 1. The maximum Gasteiger partial charge on any atom is 0.325 e. The number of likely N-dealkylation sites (N-methyl/N-ethyl adjacent to an activating group) is 1. The summed E-state index contributed by atoms with van der Waals surface area (Å²) in [6.45, 7) is 8.63. The molecule has 0 radical (unpaired) electrons. The molecule has 0 aromatic carbocycles. The van der Waals surface area contributed by atoms with Gasteiger partial charge in [0, 0.05) is 20.2 Å². The molecule has 0 aromatic heterocycles. The number of carbonyl (C=O) groups is 1. The molecule has 118 valence electrons. The molecule has 20 heavy (non-hydrogen) atoms. The van der Waals surface area contributed by atoms with Crippen LogP contribution in [0.3, 0.4) is 0 Å². The summed E-state index contributed by atoms with van der Waals surface area (Å²) in [6.07, 6.45) is 3.23. The Hall–Kier alpha value is -0.650. The third-order valence-electron chi connectivity index (χ3n) is 4.14. The van der Waals surface area contributed by atoms with Gasteiger partial charge in [0.25, 0.3) is 0 Å². The van der Waals surface area contributed by atoms with Crippen molar-refractivity contribution >= 4 is 5.97 Å². The molecule has 5 nitrogen and oxygen atoms in total. The Labute approximate surface area is 123 Å². The molecule has 5 heteroatoms. The molecule has 1 heterocycles. The Morgan fingerprint density at radius 3 is 2.80 bits per heavy atom. The quantitative estimate of drug-likeness (QED) is 0.681. The van der Waals surface area contributed by atoms with Crippen LogP contribution in [-0.2, 0) is 14.3 Å². The van der Waals surface area contributed by atoms with Crippen molar-refractivity contribution in [3.8, 4) is 0 Å². The van der Waals surface area contributed by atoms with Crippen LogP contribution in [0.5, 0.6) is 0 Å². The summed E-state index contributed by atoms with van der Waals surface area (Å²) in [5.41, 5.74) is -0.586. The zero-order valence-corrected chi connectivity index (χ0v) is 13.4.